The average molecular weight is 463 g/mol. The van der Waals surface area contributed by atoms with E-state index in [1.165, 1.54) is 3.97 Å². The van der Waals surface area contributed by atoms with Crippen molar-refractivity contribution in [3.63, 3.8) is 0 Å². The Kier molecular flexibility index (Phi) is 5.03. The molecule has 6 nitrogen and oxygen atoms in total. The Morgan fingerprint density at radius 2 is 1.91 bits per heavy atom. The van der Waals surface area contributed by atoms with Crippen molar-refractivity contribution in [2.75, 3.05) is 0 Å². The largest absolute Gasteiger partial charge is 0.481 e. The highest BCUT2D eigenvalue weighted by molar-refractivity contribution is 7.90. The number of aromatic nitrogens is 2. The quantitative estimate of drug-likeness (QED) is 0.376. The minimum atomic E-state index is -3.97. The Bertz CT molecular complexity index is 1560. The van der Waals surface area contributed by atoms with Crippen LogP contribution < -0.4 is 0 Å². The maximum atomic E-state index is 13.7. The maximum absolute atomic E-state index is 13.7. The van der Waals surface area contributed by atoms with E-state index in [0.717, 1.165) is 21.9 Å². The summed E-state index contributed by atoms with van der Waals surface area (Å²) >= 11 is 1.58. The monoisotopic (exact) mass is 462 g/mol. The Morgan fingerprint density at radius 1 is 1.06 bits per heavy atom. The lowest BCUT2D eigenvalue weighted by molar-refractivity contribution is -0.136. The molecule has 0 saturated heterocycles. The number of hydrogen-bond acceptors (Lipinski definition) is 5. The van der Waals surface area contributed by atoms with Gasteiger partial charge in [0.1, 0.15) is 4.90 Å². The van der Waals surface area contributed by atoms with Crippen LogP contribution >= 0.6 is 11.3 Å². The number of carbonyl (C=O) groups is 1. The summed E-state index contributed by atoms with van der Waals surface area (Å²) in [4.78, 5) is 15.6. The molecule has 0 radical (unpaired) electrons. The van der Waals surface area contributed by atoms with Crippen LogP contribution in [0.5, 0.6) is 0 Å². The third-order valence-electron chi connectivity index (χ3n) is 5.45. The molecule has 0 unspecified atom stereocenters. The number of aliphatic carboxylic acids is 1. The SMILES string of the molecule is O=C(O)CCc1cn(S(=O)(=O)c2cccc3cccnc23)c2ccc(-c3ccsc3)cc12. The third-order valence-corrected chi connectivity index (χ3v) is 7.84. The van der Waals surface area contributed by atoms with Crippen LogP contribution in [-0.2, 0) is 21.2 Å². The van der Waals surface area contributed by atoms with Crippen molar-refractivity contribution in [3.05, 3.63) is 83.3 Å². The second-order valence-electron chi connectivity index (χ2n) is 7.42. The van der Waals surface area contributed by atoms with Gasteiger partial charge >= 0.3 is 5.97 Å². The summed E-state index contributed by atoms with van der Waals surface area (Å²) in [5, 5.41) is 14.6. The summed E-state index contributed by atoms with van der Waals surface area (Å²) in [7, 11) is -3.97. The number of para-hydroxylation sites is 1. The Balaban J connectivity index is 1.73. The average Bonchev–Trinajstić information content (AvgIpc) is 3.45. The number of pyridine rings is 1. The molecule has 0 aliphatic carbocycles. The normalized spacial score (nSPS) is 11.9. The van der Waals surface area contributed by atoms with Gasteiger partial charge in [0.05, 0.1) is 11.0 Å². The van der Waals surface area contributed by atoms with Gasteiger partial charge in [-0.25, -0.2) is 12.4 Å². The molecule has 3 heterocycles. The van der Waals surface area contributed by atoms with E-state index in [1.54, 1.807) is 48.0 Å². The van der Waals surface area contributed by atoms with Crippen molar-refractivity contribution in [3.8, 4) is 11.1 Å². The summed E-state index contributed by atoms with van der Waals surface area (Å²) in [5.74, 6) is -0.930. The second-order valence-corrected chi connectivity index (χ2v) is 9.99. The predicted molar refractivity (Wildman–Crippen MR) is 126 cm³/mol. The molecule has 2 aromatic carbocycles. The predicted octanol–water partition coefficient (Wildman–Crippen LogP) is 5.17. The second kappa shape index (κ2) is 7.89. The van der Waals surface area contributed by atoms with Crippen LogP contribution in [0, 0.1) is 0 Å². The van der Waals surface area contributed by atoms with Gasteiger partial charge in [-0.3, -0.25) is 9.78 Å². The summed E-state index contributed by atoms with van der Waals surface area (Å²) in [6, 6.07) is 16.2. The van der Waals surface area contributed by atoms with Gasteiger partial charge in [0.25, 0.3) is 10.0 Å². The number of carboxylic acids is 1. The van der Waals surface area contributed by atoms with Gasteiger partial charge in [-0.05, 0) is 64.2 Å². The van der Waals surface area contributed by atoms with Crippen molar-refractivity contribution < 1.29 is 18.3 Å². The van der Waals surface area contributed by atoms with E-state index >= 15 is 0 Å². The Hall–Kier alpha value is -3.49. The molecule has 0 atom stereocenters. The van der Waals surface area contributed by atoms with Crippen LogP contribution in [-0.4, -0.2) is 28.5 Å². The van der Waals surface area contributed by atoms with Gasteiger partial charge in [-0.15, -0.1) is 0 Å². The van der Waals surface area contributed by atoms with E-state index in [0.29, 0.717) is 16.6 Å². The molecule has 0 amide bonds. The van der Waals surface area contributed by atoms with Gasteiger partial charge in [0.15, 0.2) is 0 Å². The van der Waals surface area contributed by atoms with Crippen LogP contribution in [0.1, 0.15) is 12.0 Å². The molecule has 8 heteroatoms. The molecule has 0 aliphatic rings. The standard InChI is InChI=1S/C24H18N2O4S2/c27-23(28)9-7-18-14-26(21-8-6-17(13-20(18)21)19-10-12-31-15-19)32(29,30)22-5-1-3-16-4-2-11-25-24(16)22/h1-6,8,10-15H,7,9H2,(H,27,28). The van der Waals surface area contributed by atoms with Crippen LogP contribution in [0.4, 0.5) is 0 Å². The first-order valence-electron chi connectivity index (χ1n) is 9.93. The van der Waals surface area contributed by atoms with Gasteiger partial charge in [0, 0.05) is 29.6 Å². The summed E-state index contributed by atoms with van der Waals surface area (Å²) in [6.45, 7) is 0. The van der Waals surface area contributed by atoms with Gasteiger partial charge in [0.2, 0.25) is 0 Å². The van der Waals surface area contributed by atoms with Crippen molar-refractivity contribution >= 4 is 49.1 Å². The minimum Gasteiger partial charge on any atom is -0.481 e. The lowest BCUT2D eigenvalue weighted by Gasteiger charge is -2.10. The van der Waals surface area contributed by atoms with E-state index < -0.39 is 16.0 Å². The lowest BCUT2D eigenvalue weighted by atomic mass is 10.0. The van der Waals surface area contributed by atoms with E-state index in [-0.39, 0.29) is 17.7 Å². The lowest BCUT2D eigenvalue weighted by Crippen LogP contribution is -2.12. The molecular formula is C24H18N2O4S2. The molecule has 0 spiro atoms. The number of thiophene rings is 1. The van der Waals surface area contributed by atoms with Gasteiger partial charge in [-0.2, -0.15) is 11.3 Å². The number of nitrogens with zero attached hydrogens (tertiary/aromatic N) is 2. The first-order chi connectivity index (χ1) is 15.4. The molecule has 0 fully saturated rings. The zero-order valence-corrected chi connectivity index (χ0v) is 18.4. The van der Waals surface area contributed by atoms with E-state index in [1.807, 2.05) is 41.1 Å². The Morgan fingerprint density at radius 3 is 2.69 bits per heavy atom. The number of benzene rings is 2. The molecule has 0 bridgehead atoms. The van der Waals surface area contributed by atoms with Gasteiger partial charge in [-0.1, -0.05) is 24.3 Å². The maximum Gasteiger partial charge on any atom is 0.303 e. The highest BCUT2D eigenvalue weighted by Gasteiger charge is 2.24. The molecule has 1 N–H and O–H groups in total. The van der Waals surface area contributed by atoms with Crippen molar-refractivity contribution in [1.82, 2.24) is 8.96 Å². The van der Waals surface area contributed by atoms with Crippen molar-refractivity contribution in [2.45, 2.75) is 17.7 Å². The van der Waals surface area contributed by atoms with Crippen LogP contribution in [0.15, 0.2) is 82.6 Å². The summed E-state index contributed by atoms with van der Waals surface area (Å²) < 4.78 is 28.7. The topological polar surface area (TPSA) is 89.3 Å². The molecule has 3 aromatic heterocycles. The minimum absolute atomic E-state index is 0.0857. The van der Waals surface area contributed by atoms with E-state index in [4.69, 9.17) is 0 Å². The molecule has 0 aliphatic heterocycles. The Labute approximate surface area is 188 Å². The number of carboxylic acid groups (broad SMARTS) is 1. The van der Waals surface area contributed by atoms with Crippen molar-refractivity contribution in [1.29, 1.82) is 0 Å². The highest BCUT2D eigenvalue weighted by atomic mass is 32.2. The number of rotatable bonds is 6. The van der Waals surface area contributed by atoms with Gasteiger partial charge < -0.3 is 5.11 Å². The molecule has 0 saturated carbocycles. The summed E-state index contributed by atoms with van der Waals surface area (Å²) in [6.07, 6.45) is 3.26. The summed E-state index contributed by atoms with van der Waals surface area (Å²) in [5.41, 5.74) is 3.58. The third kappa shape index (κ3) is 3.47. The number of aryl methyl sites for hydroxylation is 1. The van der Waals surface area contributed by atoms with Crippen LogP contribution in [0.3, 0.4) is 0 Å². The van der Waals surface area contributed by atoms with E-state index in [9.17, 15) is 18.3 Å². The van der Waals surface area contributed by atoms with E-state index in [2.05, 4.69) is 4.98 Å². The molecule has 32 heavy (non-hydrogen) atoms. The molecule has 160 valence electrons. The smallest absolute Gasteiger partial charge is 0.303 e. The highest BCUT2D eigenvalue weighted by Crippen LogP contribution is 2.33. The van der Waals surface area contributed by atoms with Crippen LogP contribution in [0.2, 0.25) is 0 Å². The molecule has 5 aromatic rings. The van der Waals surface area contributed by atoms with Crippen LogP contribution in [0.25, 0.3) is 32.9 Å². The zero-order valence-electron chi connectivity index (χ0n) is 16.8. The molecular weight excluding hydrogens is 444 g/mol. The fourth-order valence-corrected chi connectivity index (χ4v) is 6.13. The van der Waals surface area contributed by atoms with Crippen molar-refractivity contribution in [2.24, 2.45) is 0 Å². The first-order valence-corrected chi connectivity index (χ1v) is 12.3. The molecule has 5 rings (SSSR count). The fourth-order valence-electron chi connectivity index (χ4n) is 3.90. The first kappa shape index (κ1) is 20.4. The zero-order chi connectivity index (χ0) is 22.3. The number of hydrogen-bond donors (Lipinski definition) is 1. The fraction of sp³-hybridized carbons (Fsp3) is 0.0833. The number of fused-ring (bicyclic) bond motifs is 2.